The minimum atomic E-state index is -1.17. The molecule has 20 heavy (non-hydrogen) atoms. The zero-order valence-corrected chi connectivity index (χ0v) is 12.2. The fraction of sp³-hybridized carbons (Fsp3) is 0.692. The Labute approximate surface area is 117 Å². The number of carbonyl (C=O) groups excluding carboxylic acids is 1. The molecule has 0 bridgehead atoms. The average Bonchev–Trinajstić information content (AvgIpc) is 2.94. The highest BCUT2D eigenvalue weighted by Crippen LogP contribution is 2.30. The first-order valence-corrected chi connectivity index (χ1v) is 6.64. The van der Waals surface area contributed by atoms with Crippen LogP contribution < -0.4 is 0 Å². The number of aromatic amines is 1. The molecule has 0 aliphatic carbocycles. The summed E-state index contributed by atoms with van der Waals surface area (Å²) >= 11 is 0. The number of H-pyrrole nitrogens is 1. The summed E-state index contributed by atoms with van der Waals surface area (Å²) in [7, 11) is 0. The molecule has 1 fully saturated rings. The summed E-state index contributed by atoms with van der Waals surface area (Å²) in [6, 6.07) is 0. The number of aliphatic carboxylic acids is 1. The summed E-state index contributed by atoms with van der Waals surface area (Å²) in [4.78, 5) is 29.4. The van der Waals surface area contributed by atoms with Gasteiger partial charge >= 0.3 is 5.97 Å². The molecule has 1 atom stereocenters. The molecular formula is C13H20N4O3. The van der Waals surface area contributed by atoms with E-state index < -0.39 is 17.4 Å². The Hall–Kier alpha value is -1.92. The van der Waals surface area contributed by atoms with Gasteiger partial charge in [-0.05, 0) is 19.8 Å². The third kappa shape index (κ3) is 2.28. The van der Waals surface area contributed by atoms with Gasteiger partial charge in [-0.1, -0.05) is 20.8 Å². The molecule has 1 amide bonds. The van der Waals surface area contributed by atoms with Crippen molar-refractivity contribution >= 4 is 11.9 Å². The molecular weight excluding hydrogens is 260 g/mol. The highest BCUT2D eigenvalue weighted by molar-refractivity contribution is 5.95. The first-order valence-electron chi connectivity index (χ1n) is 6.64. The van der Waals surface area contributed by atoms with E-state index >= 15 is 0 Å². The van der Waals surface area contributed by atoms with E-state index in [4.69, 9.17) is 0 Å². The number of rotatable bonds is 2. The van der Waals surface area contributed by atoms with Crippen molar-refractivity contribution < 1.29 is 14.7 Å². The fourth-order valence-electron chi connectivity index (χ4n) is 2.32. The van der Waals surface area contributed by atoms with Crippen molar-refractivity contribution in [2.24, 2.45) is 0 Å². The SMILES string of the molecule is CC(C)(C)c1nc(C(=O)N2CCCC2(C)C(=O)O)n[nH]1. The Morgan fingerprint density at radius 2 is 2.05 bits per heavy atom. The van der Waals surface area contributed by atoms with Gasteiger partial charge < -0.3 is 10.0 Å². The molecule has 110 valence electrons. The van der Waals surface area contributed by atoms with Gasteiger partial charge in [0.05, 0.1) is 0 Å². The smallest absolute Gasteiger partial charge is 0.329 e. The maximum Gasteiger partial charge on any atom is 0.329 e. The largest absolute Gasteiger partial charge is 0.480 e. The van der Waals surface area contributed by atoms with Crippen LogP contribution in [0.5, 0.6) is 0 Å². The van der Waals surface area contributed by atoms with E-state index in [-0.39, 0.29) is 11.2 Å². The standard InChI is InChI=1S/C13H20N4O3/c1-12(2,3)10-14-8(15-16-10)9(18)17-7-5-6-13(17,4)11(19)20/h5-7H2,1-4H3,(H,19,20)(H,14,15,16). The Bertz CT molecular complexity index is 546. The van der Waals surface area contributed by atoms with Gasteiger partial charge in [-0.25, -0.2) is 9.78 Å². The fourth-order valence-corrected chi connectivity index (χ4v) is 2.32. The van der Waals surface area contributed by atoms with Crippen molar-refractivity contribution in [3.63, 3.8) is 0 Å². The predicted octanol–water partition coefficient (Wildman–Crippen LogP) is 1.18. The van der Waals surface area contributed by atoms with Gasteiger partial charge in [-0.2, -0.15) is 0 Å². The second-order valence-electron chi connectivity index (χ2n) is 6.40. The number of carboxylic acids is 1. The van der Waals surface area contributed by atoms with Gasteiger partial charge in [0.1, 0.15) is 11.4 Å². The van der Waals surface area contributed by atoms with Crippen LogP contribution in [0.25, 0.3) is 0 Å². The van der Waals surface area contributed by atoms with Crippen molar-refractivity contribution in [3.8, 4) is 0 Å². The molecule has 0 aromatic carbocycles. The number of hydrogen-bond acceptors (Lipinski definition) is 4. The van der Waals surface area contributed by atoms with Crippen molar-refractivity contribution in [3.05, 3.63) is 11.6 Å². The highest BCUT2D eigenvalue weighted by Gasteiger charge is 2.47. The molecule has 1 aromatic rings. The van der Waals surface area contributed by atoms with Crippen LogP contribution in [0.3, 0.4) is 0 Å². The number of nitrogens with one attached hydrogen (secondary N) is 1. The molecule has 2 N–H and O–H groups in total. The number of hydrogen-bond donors (Lipinski definition) is 2. The first kappa shape index (κ1) is 14.5. The van der Waals surface area contributed by atoms with Gasteiger partial charge in [0.2, 0.25) is 5.82 Å². The summed E-state index contributed by atoms with van der Waals surface area (Å²) in [5, 5.41) is 16.0. The lowest BCUT2D eigenvalue weighted by Crippen LogP contribution is -2.51. The van der Waals surface area contributed by atoms with Crippen molar-refractivity contribution in [1.29, 1.82) is 0 Å². The maximum absolute atomic E-state index is 12.4. The maximum atomic E-state index is 12.4. The second-order valence-corrected chi connectivity index (χ2v) is 6.40. The molecule has 1 aromatic heterocycles. The van der Waals surface area contributed by atoms with Gasteiger partial charge in [0, 0.05) is 12.0 Å². The average molecular weight is 280 g/mol. The monoisotopic (exact) mass is 280 g/mol. The molecule has 1 aliphatic heterocycles. The van der Waals surface area contributed by atoms with Crippen molar-refractivity contribution in [2.75, 3.05) is 6.54 Å². The van der Waals surface area contributed by atoms with Crippen LogP contribution in [-0.2, 0) is 10.2 Å². The van der Waals surface area contributed by atoms with Crippen LogP contribution >= 0.6 is 0 Å². The van der Waals surface area contributed by atoms with E-state index in [2.05, 4.69) is 15.2 Å². The summed E-state index contributed by atoms with van der Waals surface area (Å²) in [6.45, 7) is 7.86. The molecule has 2 heterocycles. The molecule has 2 rings (SSSR count). The van der Waals surface area contributed by atoms with Gasteiger partial charge in [0.15, 0.2) is 0 Å². The third-order valence-electron chi connectivity index (χ3n) is 3.73. The van der Waals surface area contributed by atoms with E-state index in [1.165, 1.54) is 4.90 Å². The number of nitrogens with zero attached hydrogens (tertiary/aromatic N) is 3. The Morgan fingerprint density at radius 3 is 2.55 bits per heavy atom. The molecule has 7 heteroatoms. The molecule has 0 spiro atoms. The number of carboxylic acid groups (broad SMARTS) is 1. The minimum Gasteiger partial charge on any atom is -0.480 e. The van der Waals surface area contributed by atoms with E-state index in [1.54, 1.807) is 6.92 Å². The van der Waals surface area contributed by atoms with Crippen LogP contribution in [0.2, 0.25) is 0 Å². The number of amides is 1. The molecule has 1 saturated heterocycles. The Kier molecular flexibility index (Phi) is 3.31. The lowest BCUT2D eigenvalue weighted by atomic mass is 9.96. The number of aromatic nitrogens is 3. The van der Waals surface area contributed by atoms with Crippen LogP contribution in [0.1, 0.15) is 57.0 Å². The van der Waals surface area contributed by atoms with Crippen molar-refractivity contribution in [1.82, 2.24) is 20.1 Å². The van der Waals surface area contributed by atoms with Crippen LogP contribution in [0.15, 0.2) is 0 Å². The zero-order valence-electron chi connectivity index (χ0n) is 12.2. The lowest BCUT2D eigenvalue weighted by Gasteiger charge is -2.30. The Balaban J connectivity index is 2.28. The van der Waals surface area contributed by atoms with E-state index in [9.17, 15) is 14.7 Å². The summed E-state index contributed by atoms with van der Waals surface area (Å²) in [6.07, 6.45) is 1.12. The molecule has 0 saturated carbocycles. The normalized spacial score (nSPS) is 23.1. The molecule has 1 unspecified atom stereocenters. The van der Waals surface area contributed by atoms with Crippen LogP contribution in [-0.4, -0.2) is 49.1 Å². The quantitative estimate of drug-likeness (QED) is 0.847. The zero-order chi connectivity index (χ0) is 15.1. The van der Waals surface area contributed by atoms with Gasteiger partial charge in [-0.15, -0.1) is 5.10 Å². The Morgan fingerprint density at radius 1 is 1.40 bits per heavy atom. The second kappa shape index (κ2) is 4.57. The van der Waals surface area contributed by atoms with Gasteiger partial charge in [0.25, 0.3) is 5.91 Å². The van der Waals surface area contributed by atoms with E-state index in [1.807, 2.05) is 20.8 Å². The van der Waals surface area contributed by atoms with Gasteiger partial charge in [-0.3, -0.25) is 9.89 Å². The number of carbonyl (C=O) groups is 2. The summed E-state index contributed by atoms with van der Waals surface area (Å²) in [5.74, 6) is -0.782. The highest BCUT2D eigenvalue weighted by atomic mass is 16.4. The number of likely N-dealkylation sites (tertiary alicyclic amines) is 1. The predicted molar refractivity (Wildman–Crippen MR) is 71.4 cm³/mol. The lowest BCUT2D eigenvalue weighted by molar-refractivity contribution is -0.147. The molecule has 0 radical (unpaired) electrons. The summed E-state index contributed by atoms with van der Waals surface area (Å²) in [5.41, 5.74) is -1.41. The molecule has 1 aliphatic rings. The minimum absolute atomic E-state index is 0.0318. The topological polar surface area (TPSA) is 99.2 Å². The van der Waals surface area contributed by atoms with Crippen LogP contribution in [0, 0.1) is 0 Å². The van der Waals surface area contributed by atoms with E-state index in [0.29, 0.717) is 25.2 Å². The van der Waals surface area contributed by atoms with Crippen LogP contribution in [0.4, 0.5) is 0 Å². The summed E-state index contributed by atoms with van der Waals surface area (Å²) < 4.78 is 0. The molecule has 7 nitrogen and oxygen atoms in total. The van der Waals surface area contributed by atoms with Crippen molar-refractivity contribution in [2.45, 2.75) is 51.5 Å². The third-order valence-corrected chi connectivity index (χ3v) is 3.73. The first-order chi connectivity index (χ1) is 9.16. The van der Waals surface area contributed by atoms with E-state index in [0.717, 1.165) is 0 Å².